The average Bonchev–Trinajstić information content (AvgIpc) is 2.59. The number of rotatable bonds is 5. The van der Waals surface area contributed by atoms with Crippen molar-refractivity contribution < 1.29 is 17.9 Å². The number of urea groups is 1. The molecule has 7 nitrogen and oxygen atoms in total. The van der Waals surface area contributed by atoms with Crippen molar-refractivity contribution >= 4 is 16.1 Å². The zero-order valence-corrected chi connectivity index (χ0v) is 15.1. The Labute approximate surface area is 139 Å². The topological polar surface area (TPSA) is 70.2 Å². The minimum atomic E-state index is -3.35. The van der Waals surface area contributed by atoms with E-state index in [-0.39, 0.29) is 12.6 Å². The molecule has 2 heterocycles. The van der Waals surface area contributed by atoms with E-state index in [9.17, 15) is 13.2 Å². The third-order valence-electron chi connectivity index (χ3n) is 4.72. The van der Waals surface area contributed by atoms with Gasteiger partial charge in [-0.15, -0.1) is 0 Å². The molecule has 134 valence electrons. The summed E-state index contributed by atoms with van der Waals surface area (Å²) in [5, 5.41) is -0.503. The van der Waals surface area contributed by atoms with Crippen LogP contribution < -0.4 is 0 Å². The molecule has 0 aliphatic carbocycles. The number of likely N-dealkylation sites (tertiary alicyclic amines) is 1. The molecule has 2 fully saturated rings. The highest BCUT2D eigenvalue weighted by molar-refractivity contribution is 7.89. The highest BCUT2D eigenvalue weighted by Crippen LogP contribution is 2.17. The summed E-state index contributed by atoms with van der Waals surface area (Å²) >= 11 is 0. The zero-order valence-electron chi connectivity index (χ0n) is 14.2. The van der Waals surface area contributed by atoms with E-state index in [1.807, 2.05) is 11.8 Å². The fourth-order valence-corrected chi connectivity index (χ4v) is 5.05. The molecule has 2 amide bonds. The molecular formula is C15H29N3O4S. The van der Waals surface area contributed by atoms with Gasteiger partial charge in [0.2, 0.25) is 10.0 Å². The maximum atomic E-state index is 12.6. The first-order valence-electron chi connectivity index (χ1n) is 8.52. The summed E-state index contributed by atoms with van der Waals surface area (Å²) in [6.45, 7) is 5.41. The number of piperazine rings is 1. The molecule has 2 saturated heterocycles. The van der Waals surface area contributed by atoms with Gasteiger partial charge < -0.3 is 14.5 Å². The lowest BCUT2D eigenvalue weighted by molar-refractivity contribution is 0.125. The number of hydrogen-bond donors (Lipinski definition) is 0. The van der Waals surface area contributed by atoms with Crippen LogP contribution in [-0.4, -0.2) is 86.8 Å². The van der Waals surface area contributed by atoms with E-state index in [0.29, 0.717) is 32.6 Å². The van der Waals surface area contributed by atoms with E-state index in [1.54, 1.807) is 4.90 Å². The number of methoxy groups -OCH3 is 1. The Morgan fingerprint density at radius 1 is 1.00 bits per heavy atom. The molecule has 0 aromatic rings. The lowest BCUT2D eigenvalue weighted by atomic mass is 10.1. The van der Waals surface area contributed by atoms with Crippen molar-refractivity contribution in [1.82, 2.24) is 14.1 Å². The van der Waals surface area contributed by atoms with Crippen molar-refractivity contribution in [3.8, 4) is 0 Å². The van der Waals surface area contributed by atoms with Crippen molar-refractivity contribution in [1.29, 1.82) is 0 Å². The summed E-state index contributed by atoms with van der Waals surface area (Å²) in [6.07, 6.45) is 3.85. The molecule has 2 rings (SSSR count). The molecule has 0 aromatic heterocycles. The maximum Gasteiger partial charge on any atom is 0.320 e. The third kappa shape index (κ3) is 4.36. The fourth-order valence-electron chi connectivity index (χ4n) is 3.23. The molecule has 0 spiro atoms. The Bertz CT molecular complexity index is 483. The number of piperidine rings is 1. The fraction of sp³-hybridized carbons (Fsp3) is 0.933. The maximum absolute atomic E-state index is 12.6. The summed E-state index contributed by atoms with van der Waals surface area (Å²) in [5.74, 6) is 0. The monoisotopic (exact) mass is 347 g/mol. The van der Waals surface area contributed by atoms with Gasteiger partial charge in [-0.2, -0.15) is 4.31 Å². The van der Waals surface area contributed by atoms with Gasteiger partial charge in [0.25, 0.3) is 0 Å². The van der Waals surface area contributed by atoms with Gasteiger partial charge in [-0.1, -0.05) is 6.92 Å². The molecule has 1 unspecified atom stereocenters. The molecule has 0 N–H and O–H groups in total. The summed E-state index contributed by atoms with van der Waals surface area (Å²) in [5.41, 5.74) is 0. The normalized spacial score (nSPS) is 22.2. The SMILES string of the molecule is CCC(COC)S(=O)(=O)N1CCN(C(=O)N2CCCCC2)CC1. The molecule has 2 aliphatic rings. The summed E-state index contributed by atoms with van der Waals surface area (Å²) in [4.78, 5) is 16.1. The second-order valence-corrected chi connectivity index (χ2v) is 8.46. The summed E-state index contributed by atoms with van der Waals surface area (Å²) < 4.78 is 31.8. The van der Waals surface area contributed by atoms with Crippen molar-refractivity contribution in [2.75, 3.05) is 53.0 Å². The Morgan fingerprint density at radius 3 is 2.09 bits per heavy atom. The molecular weight excluding hydrogens is 318 g/mol. The molecule has 0 bridgehead atoms. The van der Waals surface area contributed by atoms with Crippen molar-refractivity contribution in [3.05, 3.63) is 0 Å². The van der Waals surface area contributed by atoms with Crippen LogP contribution >= 0.6 is 0 Å². The number of nitrogens with zero attached hydrogens (tertiary/aromatic N) is 3. The highest BCUT2D eigenvalue weighted by Gasteiger charge is 2.35. The van der Waals surface area contributed by atoms with Gasteiger partial charge in [-0.3, -0.25) is 0 Å². The van der Waals surface area contributed by atoms with Gasteiger partial charge in [0.15, 0.2) is 0 Å². The number of sulfonamides is 1. The first-order valence-corrected chi connectivity index (χ1v) is 10.0. The van der Waals surface area contributed by atoms with Gasteiger partial charge in [-0.05, 0) is 25.7 Å². The minimum absolute atomic E-state index is 0.0608. The number of ether oxygens (including phenoxy) is 1. The van der Waals surface area contributed by atoms with Crippen LogP contribution in [0.2, 0.25) is 0 Å². The third-order valence-corrected chi connectivity index (χ3v) is 7.12. The first-order chi connectivity index (χ1) is 11.0. The van der Waals surface area contributed by atoms with Crippen LogP contribution in [0, 0.1) is 0 Å². The van der Waals surface area contributed by atoms with Gasteiger partial charge in [-0.25, -0.2) is 13.2 Å². The van der Waals surface area contributed by atoms with Gasteiger partial charge in [0.1, 0.15) is 0 Å². The zero-order chi connectivity index (χ0) is 16.9. The van der Waals surface area contributed by atoms with E-state index in [1.165, 1.54) is 17.8 Å². The van der Waals surface area contributed by atoms with Gasteiger partial charge >= 0.3 is 6.03 Å². The van der Waals surface area contributed by atoms with E-state index in [4.69, 9.17) is 4.74 Å². The quantitative estimate of drug-likeness (QED) is 0.743. The number of carbonyl (C=O) groups is 1. The molecule has 0 aromatic carbocycles. The predicted octanol–water partition coefficient (Wildman–Crippen LogP) is 0.965. The van der Waals surface area contributed by atoms with Crippen LogP contribution in [0.5, 0.6) is 0 Å². The van der Waals surface area contributed by atoms with Crippen LogP contribution in [0.1, 0.15) is 32.6 Å². The molecule has 8 heteroatoms. The number of carbonyl (C=O) groups excluding carboxylic acids is 1. The minimum Gasteiger partial charge on any atom is -0.383 e. The molecule has 2 aliphatic heterocycles. The van der Waals surface area contributed by atoms with Crippen LogP contribution in [-0.2, 0) is 14.8 Å². The average molecular weight is 347 g/mol. The molecule has 0 radical (unpaired) electrons. The number of hydrogen-bond acceptors (Lipinski definition) is 4. The predicted molar refractivity (Wildman–Crippen MR) is 88.8 cm³/mol. The highest BCUT2D eigenvalue weighted by atomic mass is 32.2. The van der Waals surface area contributed by atoms with E-state index in [0.717, 1.165) is 25.9 Å². The molecule has 0 saturated carbocycles. The van der Waals surface area contributed by atoms with E-state index < -0.39 is 15.3 Å². The Morgan fingerprint density at radius 2 is 1.57 bits per heavy atom. The van der Waals surface area contributed by atoms with Crippen LogP contribution in [0.4, 0.5) is 4.79 Å². The Hall–Kier alpha value is -0.860. The van der Waals surface area contributed by atoms with Gasteiger partial charge in [0.05, 0.1) is 11.9 Å². The molecule has 1 atom stereocenters. The lowest BCUT2D eigenvalue weighted by Crippen LogP contribution is -2.56. The number of amides is 2. The van der Waals surface area contributed by atoms with E-state index >= 15 is 0 Å². The summed E-state index contributed by atoms with van der Waals surface area (Å²) in [6, 6.07) is 0.0608. The standard InChI is InChI=1S/C15H29N3O4S/c1-3-14(13-22-2)23(20,21)18-11-9-17(10-12-18)15(19)16-7-5-4-6-8-16/h14H,3-13H2,1-2H3. The smallest absolute Gasteiger partial charge is 0.320 e. The van der Waals surface area contributed by atoms with Crippen LogP contribution in [0.15, 0.2) is 0 Å². The molecule has 23 heavy (non-hydrogen) atoms. The van der Waals surface area contributed by atoms with Crippen molar-refractivity contribution in [3.63, 3.8) is 0 Å². The summed E-state index contributed by atoms with van der Waals surface area (Å²) in [7, 11) is -1.83. The van der Waals surface area contributed by atoms with Crippen molar-refractivity contribution in [2.45, 2.75) is 37.9 Å². The Balaban J connectivity index is 1.91. The lowest BCUT2D eigenvalue weighted by Gasteiger charge is -2.39. The second-order valence-electron chi connectivity index (χ2n) is 6.25. The largest absolute Gasteiger partial charge is 0.383 e. The van der Waals surface area contributed by atoms with Crippen LogP contribution in [0.3, 0.4) is 0 Å². The first kappa shape index (κ1) is 18.5. The van der Waals surface area contributed by atoms with Crippen LogP contribution in [0.25, 0.3) is 0 Å². The van der Waals surface area contributed by atoms with E-state index in [2.05, 4.69) is 0 Å². The van der Waals surface area contributed by atoms with Crippen molar-refractivity contribution in [2.24, 2.45) is 0 Å². The Kier molecular flexibility index (Phi) is 6.67. The van der Waals surface area contributed by atoms with Gasteiger partial charge in [0, 0.05) is 46.4 Å². The second kappa shape index (κ2) is 8.30.